The summed E-state index contributed by atoms with van der Waals surface area (Å²) in [5, 5.41) is 2.82. The van der Waals surface area contributed by atoms with Crippen molar-refractivity contribution in [2.24, 2.45) is 0 Å². The third kappa shape index (κ3) is 4.95. The number of alkyl halides is 3. The molecular weight excluding hydrogens is 255 g/mol. The van der Waals surface area contributed by atoms with Crippen molar-refractivity contribution in [2.45, 2.75) is 26.1 Å². The topological polar surface area (TPSA) is 21.3 Å². The molecule has 0 spiro atoms. The van der Waals surface area contributed by atoms with Crippen LogP contribution in [0.15, 0.2) is 30.4 Å². The summed E-state index contributed by atoms with van der Waals surface area (Å²) in [7, 11) is 1.69. The summed E-state index contributed by atoms with van der Waals surface area (Å²) >= 11 is 0. The molecule has 1 aromatic carbocycles. The van der Waals surface area contributed by atoms with E-state index >= 15 is 0 Å². The van der Waals surface area contributed by atoms with E-state index < -0.39 is 11.7 Å². The second-order valence-electron chi connectivity index (χ2n) is 4.41. The van der Waals surface area contributed by atoms with E-state index in [1.807, 2.05) is 6.92 Å². The molecule has 0 amide bonds. The number of nitrogens with one attached hydrogen (secondary N) is 1. The standard InChI is InChI=1S/C14H18F3NO/c1-10(2)6-7-19-13-5-4-11(9-18-3)8-12(13)14(15,16)17/h4-5,8,18H,1,6-7,9H2,2-3H3. The maximum atomic E-state index is 12.9. The Bertz CT molecular complexity index is 441. The first-order chi connectivity index (χ1) is 8.84. The summed E-state index contributed by atoms with van der Waals surface area (Å²) < 4.78 is 44.0. The van der Waals surface area contributed by atoms with Crippen molar-refractivity contribution in [1.82, 2.24) is 5.32 Å². The van der Waals surface area contributed by atoms with Crippen LogP contribution in [0.2, 0.25) is 0 Å². The van der Waals surface area contributed by atoms with Crippen LogP contribution in [-0.2, 0) is 12.7 Å². The van der Waals surface area contributed by atoms with Crippen LogP contribution in [0.1, 0.15) is 24.5 Å². The lowest BCUT2D eigenvalue weighted by atomic mass is 10.1. The molecule has 0 radical (unpaired) electrons. The quantitative estimate of drug-likeness (QED) is 0.797. The van der Waals surface area contributed by atoms with Gasteiger partial charge in [0.2, 0.25) is 0 Å². The van der Waals surface area contributed by atoms with Crippen LogP contribution in [0, 0.1) is 0 Å². The van der Waals surface area contributed by atoms with E-state index in [0.29, 0.717) is 18.5 Å². The second-order valence-corrected chi connectivity index (χ2v) is 4.41. The minimum Gasteiger partial charge on any atom is -0.493 e. The molecule has 0 fully saturated rings. The van der Waals surface area contributed by atoms with E-state index in [2.05, 4.69) is 11.9 Å². The molecule has 0 unspecified atom stereocenters. The third-order valence-electron chi connectivity index (χ3n) is 2.52. The van der Waals surface area contributed by atoms with Crippen LogP contribution in [0.5, 0.6) is 5.75 Å². The molecular formula is C14H18F3NO. The molecule has 5 heteroatoms. The minimum atomic E-state index is -4.41. The van der Waals surface area contributed by atoms with Gasteiger partial charge in [-0.3, -0.25) is 0 Å². The van der Waals surface area contributed by atoms with Crippen molar-refractivity contribution in [3.63, 3.8) is 0 Å². The fourth-order valence-corrected chi connectivity index (χ4v) is 1.57. The number of ether oxygens (including phenoxy) is 1. The molecule has 2 nitrogen and oxygen atoms in total. The Balaban J connectivity index is 2.92. The lowest BCUT2D eigenvalue weighted by Gasteiger charge is -2.15. The van der Waals surface area contributed by atoms with E-state index in [1.165, 1.54) is 6.07 Å². The molecule has 19 heavy (non-hydrogen) atoms. The zero-order valence-electron chi connectivity index (χ0n) is 11.1. The van der Waals surface area contributed by atoms with Crippen molar-refractivity contribution in [3.8, 4) is 5.75 Å². The Morgan fingerprint density at radius 2 is 2.05 bits per heavy atom. The van der Waals surface area contributed by atoms with Crippen molar-refractivity contribution >= 4 is 0 Å². The van der Waals surface area contributed by atoms with Gasteiger partial charge in [-0.15, -0.1) is 6.58 Å². The third-order valence-corrected chi connectivity index (χ3v) is 2.52. The van der Waals surface area contributed by atoms with Gasteiger partial charge in [-0.25, -0.2) is 0 Å². The van der Waals surface area contributed by atoms with Gasteiger partial charge in [0.1, 0.15) is 5.75 Å². The largest absolute Gasteiger partial charge is 0.493 e. The lowest BCUT2D eigenvalue weighted by Crippen LogP contribution is -2.12. The summed E-state index contributed by atoms with van der Waals surface area (Å²) in [5.74, 6) is -0.131. The van der Waals surface area contributed by atoms with Gasteiger partial charge in [0, 0.05) is 13.0 Å². The zero-order chi connectivity index (χ0) is 14.5. The summed E-state index contributed by atoms with van der Waals surface area (Å²) in [6, 6.07) is 4.11. The maximum Gasteiger partial charge on any atom is 0.419 e. The fraction of sp³-hybridized carbons (Fsp3) is 0.429. The van der Waals surface area contributed by atoms with Crippen LogP contribution in [0.25, 0.3) is 0 Å². The highest BCUT2D eigenvalue weighted by atomic mass is 19.4. The van der Waals surface area contributed by atoms with E-state index in [0.717, 1.165) is 11.6 Å². The fourth-order valence-electron chi connectivity index (χ4n) is 1.57. The first-order valence-electron chi connectivity index (χ1n) is 5.96. The Labute approximate surface area is 111 Å². The average Bonchev–Trinajstić information content (AvgIpc) is 2.29. The van der Waals surface area contributed by atoms with E-state index in [-0.39, 0.29) is 12.4 Å². The van der Waals surface area contributed by atoms with E-state index in [1.54, 1.807) is 13.1 Å². The molecule has 0 aliphatic rings. The summed E-state index contributed by atoms with van der Waals surface area (Å²) in [4.78, 5) is 0. The first kappa shape index (κ1) is 15.6. The van der Waals surface area contributed by atoms with Crippen molar-refractivity contribution < 1.29 is 17.9 Å². The zero-order valence-corrected chi connectivity index (χ0v) is 11.1. The molecule has 0 bridgehead atoms. The summed E-state index contributed by atoms with van der Waals surface area (Å²) in [6.07, 6.45) is -3.88. The molecule has 1 aromatic rings. The van der Waals surface area contributed by atoms with Gasteiger partial charge in [-0.05, 0) is 31.7 Å². The smallest absolute Gasteiger partial charge is 0.419 e. The molecule has 0 aliphatic carbocycles. The molecule has 0 saturated heterocycles. The minimum absolute atomic E-state index is 0.131. The normalized spacial score (nSPS) is 11.4. The van der Waals surface area contributed by atoms with Crippen LogP contribution in [0.4, 0.5) is 13.2 Å². The first-order valence-corrected chi connectivity index (χ1v) is 5.96. The molecule has 0 atom stereocenters. The Kier molecular flexibility index (Phi) is 5.42. The van der Waals surface area contributed by atoms with Gasteiger partial charge in [-0.1, -0.05) is 11.6 Å². The van der Waals surface area contributed by atoms with Gasteiger partial charge in [0.05, 0.1) is 12.2 Å². The molecule has 1 N–H and O–H groups in total. The highest BCUT2D eigenvalue weighted by molar-refractivity contribution is 5.39. The number of halogens is 3. The van der Waals surface area contributed by atoms with Gasteiger partial charge >= 0.3 is 6.18 Å². The number of hydrogen-bond acceptors (Lipinski definition) is 2. The predicted molar refractivity (Wildman–Crippen MR) is 69.1 cm³/mol. The molecule has 1 rings (SSSR count). The maximum absolute atomic E-state index is 12.9. The van der Waals surface area contributed by atoms with E-state index in [4.69, 9.17) is 4.74 Å². The SMILES string of the molecule is C=C(C)CCOc1ccc(CNC)cc1C(F)(F)F. The van der Waals surface area contributed by atoms with Gasteiger partial charge in [-0.2, -0.15) is 13.2 Å². The molecule has 0 aromatic heterocycles. The van der Waals surface area contributed by atoms with Crippen molar-refractivity contribution in [1.29, 1.82) is 0 Å². The highest BCUT2D eigenvalue weighted by Crippen LogP contribution is 2.37. The Morgan fingerprint density at radius 1 is 1.37 bits per heavy atom. The van der Waals surface area contributed by atoms with Crippen LogP contribution >= 0.6 is 0 Å². The Hall–Kier alpha value is -1.49. The number of rotatable bonds is 6. The molecule has 0 aliphatic heterocycles. The van der Waals surface area contributed by atoms with Crippen molar-refractivity contribution in [3.05, 3.63) is 41.5 Å². The number of hydrogen-bond donors (Lipinski definition) is 1. The second kappa shape index (κ2) is 6.61. The molecule has 106 valence electrons. The molecule has 0 heterocycles. The van der Waals surface area contributed by atoms with Crippen LogP contribution < -0.4 is 10.1 Å². The average molecular weight is 273 g/mol. The van der Waals surface area contributed by atoms with Crippen LogP contribution in [0.3, 0.4) is 0 Å². The Morgan fingerprint density at radius 3 is 2.58 bits per heavy atom. The van der Waals surface area contributed by atoms with Crippen LogP contribution in [-0.4, -0.2) is 13.7 Å². The van der Waals surface area contributed by atoms with Gasteiger partial charge < -0.3 is 10.1 Å². The summed E-state index contributed by atoms with van der Waals surface area (Å²) in [6.45, 7) is 6.08. The monoisotopic (exact) mass is 273 g/mol. The molecule has 0 saturated carbocycles. The van der Waals surface area contributed by atoms with Crippen molar-refractivity contribution in [2.75, 3.05) is 13.7 Å². The van der Waals surface area contributed by atoms with Gasteiger partial charge in [0.25, 0.3) is 0 Å². The predicted octanol–water partition coefficient (Wildman–Crippen LogP) is 3.77. The lowest BCUT2D eigenvalue weighted by molar-refractivity contribution is -0.139. The van der Waals surface area contributed by atoms with E-state index in [9.17, 15) is 13.2 Å². The number of benzene rings is 1. The highest BCUT2D eigenvalue weighted by Gasteiger charge is 2.34. The van der Waals surface area contributed by atoms with Gasteiger partial charge in [0.15, 0.2) is 0 Å². The summed E-state index contributed by atoms with van der Waals surface area (Å²) in [5.41, 5.74) is 0.712.